The van der Waals surface area contributed by atoms with Crippen LogP contribution in [0.4, 0.5) is 0 Å². The monoisotopic (exact) mass is 319 g/mol. The molecule has 1 saturated heterocycles. The lowest BCUT2D eigenvalue weighted by Gasteiger charge is -2.25. The molecule has 1 aromatic carbocycles. The first-order chi connectivity index (χ1) is 11.3. The van der Waals surface area contributed by atoms with Gasteiger partial charge < -0.3 is 9.47 Å². The molecule has 0 atom stereocenters. The van der Waals surface area contributed by atoms with E-state index in [2.05, 4.69) is 22.4 Å². The molecule has 23 heavy (non-hydrogen) atoms. The molecule has 1 heterocycles. The highest BCUT2D eigenvalue weighted by Crippen LogP contribution is 2.11. The summed E-state index contributed by atoms with van der Waals surface area (Å²) in [5, 5.41) is 3.99. The van der Waals surface area contributed by atoms with E-state index in [0.29, 0.717) is 19.8 Å². The summed E-state index contributed by atoms with van der Waals surface area (Å²) < 4.78 is 10.8. The van der Waals surface area contributed by atoms with Gasteiger partial charge in [-0.2, -0.15) is 5.10 Å². The number of hydrazone groups is 1. The normalized spacial score (nSPS) is 15.7. The number of benzene rings is 1. The number of morpholine rings is 1. The molecule has 1 N–H and O–H groups in total. The highest BCUT2D eigenvalue weighted by atomic mass is 16.5. The fraction of sp³-hybridized carbons (Fsp3) is 0.529. The van der Waals surface area contributed by atoms with Gasteiger partial charge in [0.2, 0.25) is 0 Å². The van der Waals surface area contributed by atoms with Crippen molar-refractivity contribution in [3.8, 4) is 5.75 Å². The number of hydrogen-bond donors (Lipinski definition) is 1. The van der Waals surface area contributed by atoms with Gasteiger partial charge in [-0.25, -0.2) is 5.43 Å². The Morgan fingerprint density at radius 3 is 2.78 bits per heavy atom. The number of nitrogens with zero attached hydrogens (tertiary/aromatic N) is 2. The van der Waals surface area contributed by atoms with Crippen LogP contribution in [0, 0.1) is 0 Å². The van der Waals surface area contributed by atoms with Crippen LogP contribution in [-0.4, -0.2) is 56.5 Å². The van der Waals surface area contributed by atoms with Crippen molar-refractivity contribution in [3.05, 3.63) is 29.8 Å². The van der Waals surface area contributed by atoms with E-state index in [1.807, 2.05) is 24.3 Å². The Morgan fingerprint density at radius 1 is 1.35 bits per heavy atom. The predicted molar refractivity (Wildman–Crippen MR) is 89.8 cm³/mol. The third-order valence-electron chi connectivity index (χ3n) is 3.52. The quantitative estimate of drug-likeness (QED) is 0.449. The molecule has 126 valence electrons. The summed E-state index contributed by atoms with van der Waals surface area (Å²) >= 11 is 0. The standard InChI is InChI=1S/C17H25N3O3/c1-2-3-10-23-16-6-4-15(5-7-16)13-18-19-17(21)14-20-8-11-22-12-9-20/h4-7,13H,2-3,8-12,14H2,1H3,(H,19,21). The minimum absolute atomic E-state index is 0.109. The van der Waals surface area contributed by atoms with E-state index in [4.69, 9.17) is 9.47 Å². The number of hydrogen-bond acceptors (Lipinski definition) is 5. The molecular weight excluding hydrogens is 294 g/mol. The Hall–Kier alpha value is -1.92. The molecule has 6 nitrogen and oxygen atoms in total. The van der Waals surface area contributed by atoms with E-state index in [1.165, 1.54) is 0 Å². The van der Waals surface area contributed by atoms with Crippen molar-refractivity contribution in [1.29, 1.82) is 0 Å². The summed E-state index contributed by atoms with van der Waals surface area (Å²) in [4.78, 5) is 13.8. The van der Waals surface area contributed by atoms with Crippen LogP contribution >= 0.6 is 0 Å². The molecule has 0 aliphatic carbocycles. The zero-order valence-electron chi connectivity index (χ0n) is 13.7. The number of unbranched alkanes of at least 4 members (excludes halogenated alkanes) is 1. The van der Waals surface area contributed by atoms with Gasteiger partial charge in [-0.1, -0.05) is 13.3 Å². The third kappa shape index (κ3) is 6.80. The van der Waals surface area contributed by atoms with Crippen molar-refractivity contribution in [1.82, 2.24) is 10.3 Å². The molecule has 2 rings (SSSR count). The predicted octanol–water partition coefficient (Wildman–Crippen LogP) is 1.65. The lowest BCUT2D eigenvalue weighted by molar-refractivity contribution is -0.123. The van der Waals surface area contributed by atoms with Crippen molar-refractivity contribution in [2.45, 2.75) is 19.8 Å². The van der Waals surface area contributed by atoms with Crippen LogP contribution in [0.2, 0.25) is 0 Å². The Morgan fingerprint density at radius 2 is 2.09 bits per heavy atom. The van der Waals surface area contributed by atoms with Crippen LogP contribution in [-0.2, 0) is 9.53 Å². The fourth-order valence-electron chi connectivity index (χ4n) is 2.16. The minimum Gasteiger partial charge on any atom is -0.494 e. The van der Waals surface area contributed by atoms with E-state index in [-0.39, 0.29) is 5.91 Å². The average molecular weight is 319 g/mol. The molecule has 0 bridgehead atoms. The zero-order valence-corrected chi connectivity index (χ0v) is 13.7. The lowest BCUT2D eigenvalue weighted by Crippen LogP contribution is -2.42. The molecule has 1 aliphatic rings. The molecule has 1 aliphatic heterocycles. The van der Waals surface area contributed by atoms with E-state index in [1.54, 1.807) is 6.21 Å². The van der Waals surface area contributed by atoms with Gasteiger partial charge in [0.1, 0.15) is 5.75 Å². The number of nitrogens with one attached hydrogen (secondary N) is 1. The molecule has 0 radical (unpaired) electrons. The van der Waals surface area contributed by atoms with E-state index >= 15 is 0 Å². The summed E-state index contributed by atoms with van der Waals surface area (Å²) in [6.45, 7) is 6.17. The van der Waals surface area contributed by atoms with E-state index in [0.717, 1.165) is 43.9 Å². The molecule has 6 heteroatoms. The molecule has 1 fully saturated rings. The first-order valence-electron chi connectivity index (χ1n) is 8.13. The van der Waals surface area contributed by atoms with Gasteiger partial charge in [-0.3, -0.25) is 9.69 Å². The number of rotatable bonds is 8. The molecule has 0 aromatic heterocycles. The van der Waals surface area contributed by atoms with Crippen molar-refractivity contribution in [2.24, 2.45) is 5.10 Å². The number of carbonyl (C=O) groups is 1. The van der Waals surface area contributed by atoms with Crippen LogP contribution in [0.15, 0.2) is 29.4 Å². The lowest BCUT2D eigenvalue weighted by atomic mass is 10.2. The second kappa shape index (κ2) is 9.97. The average Bonchev–Trinajstić information content (AvgIpc) is 2.57. The maximum atomic E-state index is 11.8. The van der Waals surface area contributed by atoms with Gasteiger partial charge >= 0.3 is 0 Å². The molecule has 1 aromatic rings. The topological polar surface area (TPSA) is 63.2 Å². The Labute approximate surface area is 137 Å². The molecule has 0 saturated carbocycles. The van der Waals surface area contributed by atoms with Crippen LogP contribution in [0.5, 0.6) is 5.75 Å². The SMILES string of the molecule is CCCCOc1ccc(C=NNC(=O)CN2CCOCC2)cc1. The summed E-state index contributed by atoms with van der Waals surface area (Å²) in [5.41, 5.74) is 3.47. The smallest absolute Gasteiger partial charge is 0.254 e. The summed E-state index contributed by atoms with van der Waals surface area (Å²) in [7, 11) is 0. The molecule has 1 amide bonds. The summed E-state index contributed by atoms with van der Waals surface area (Å²) in [5.74, 6) is 0.745. The van der Waals surface area contributed by atoms with Crippen LogP contribution in [0.3, 0.4) is 0 Å². The molecule has 0 unspecified atom stereocenters. The number of carbonyl (C=O) groups excluding carboxylic acids is 1. The van der Waals surface area contributed by atoms with Gasteiger partial charge in [-0.15, -0.1) is 0 Å². The Balaban J connectivity index is 1.70. The van der Waals surface area contributed by atoms with Crippen molar-refractivity contribution < 1.29 is 14.3 Å². The first-order valence-corrected chi connectivity index (χ1v) is 8.13. The van der Waals surface area contributed by atoms with Crippen LogP contribution < -0.4 is 10.2 Å². The van der Waals surface area contributed by atoms with Crippen molar-refractivity contribution in [3.63, 3.8) is 0 Å². The number of ether oxygens (including phenoxy) is 2. The fourth-order valence-corrected chi connectivity index (χ4v) is 2.16. The minimum atomic E-state index is -0.109. The second-order valence-electron chi connectivity index (χ2n) is 5.45. The van der Waals surface area contributed by atoms with E-state index < -0.39 is 0 Å². The Kier molecular flexibility index (Phi) is 7.56. The van der Waals surface area contributed by atoms with Gasteiger partial charge in [0.25, 0.3) is 5.91 Å². The molecule has 0 spiro atoms. The zero-order chi connectivity index (χ0) is 16.3. The van der Waals surface area contributed by atoms with Gasteiger partial charge in [-0.05, 0) is 36.2 Å². The van der Waals surface area contributed by atoms with Crippen LogP contribution in [0.25, 0.3) is 0 Å². The van der Waals surface area contributed by atoms with Gasteiger partial charge in [0, 0.05) is 13.1 Å². The van der Waals surface area contributed by atoms with Gasteiger partial charge in [0.15, 0.2) is 0 Å². The van der Waals surface area contributed by atoms with Gasteiger partial charge in [0.05, 0.1) is 32.6 Å². The van der Waals surface area contributed by atoms with Crippen molar-refractivity contribution >= 4 is 12.1 Å². The summed E-state index contributed by atoms with van der Waals surface area (Å²) in [6, 6.07) is 7.65. The highest BCUT2D eigenvalue weighted by Gasteiger charge is 2.13. The maximum absolute atomic E-state index is 11.8. The van der Waals surface area contributed by atoms with E-state index in [9.17, 15) is 4.79 Å². The van der Waals surface area contributed by atoms with Crippen LogP contribution in [0.1, 0.15) is 25.3 Å². The second-order valence-corrected chi connectivity index (χ2v) is 5.45. The maximum Gasteiger partial charge on any atom is 0.254 e. The third-order valence-corrected chi connectivity index (χ3v) is 3.52. The summed E-state index contributed by atoms with van der Waals surface area (Å²) in [6.07, 6.45) is 3.81. The highest BCUT2D eigenvalue weighted by molar-refractivity contribution is 5.83. The first kappa shape index (κ1) is 17.4. The van der Waals surface area contributed by atoms with Crippen molar-refractivity contribution in [2.75, 3.05) is 39.5 Å². The largest absolute Gasteiger partial charge is 0.494 e. The number of amides is 1. The Bertz CT molecular complexity index is 496. The molecular formula is C17H25N3O3.